The highest BCUT2D eigenvalue weighted by Gasteiger charge is 2.05. The van der Waals surface area contributed by atoms with E-state index in [1.54, 1.807) is 0 Å². The number of anilines is 1. The molecule has 0 spiro atoms. The van der Waals surface area contributed by atoms with Crippen LogP contribution in [-0.4, -0.2) is 6.04 Å². The summed E-state index contributed by atoms with van der Waals surface area (Å²) in [6.07, 6.45) is 4.16. The molecular weight excluding hydrogens is 294 g/mol. The molecule has 0 saturated heterocycles. The summed E-state index contributed by atoms with van der Waals surface area (Å²) in [7, 11) is 0. The Hall–Kier alpha value is -2.48. The number of ether oxygens (including phenoxy) is 1. The van der Waals surface area contributed by atoms with E-state index in [2.05, 4.69) is 68.6 Å². The molecule has 0 heterocycles. The summed E-state index contributed by atoms with van der Waals surface area (Å²) < 4.78 is 5.79. The molecule has 1 atom stereocenters. The van der Waals surface area contributed by atoms with E-state index in [1.165, 1.54) is 22.4 Å². The van der Waals surface area contributed by atoms with Crippen LogP contribution in [0.2, 0.25) is 0 Å². The lowest BCUT2D eigenvalue weighted by Crippen LogP contribution is -2.17. The van der Waals surface area contributed by atoms with E-state index in [-0.39, 0.29) is 6.04 Å². The normalized spacial score (nSPS) is 13.5. The van der Waals surface area contributed by atoms with E-state index in [0.717, 1.165) is 5.76 Å². The largest absolute Gasteiger partial charge is 0.494 e. The lowest BCUT2D eigenvalue weighted by Gasteiger charge is -2.17. The fraction of sp³-hybridized carbons (Fsp3) is 0.273. The van der Waals surface area contributed by atoms with Crippen LogP contribution in [-0.2, 0) is 11.3 Å². The summed E-state index contributed by atoms with van der Waals surface area (Å²) in [4.78, 5) is 0. The molecule has 2 aromatic rings. The minimum atomic E-state index is 0.268. The summed E-state index contributed by atoms with van der Waals surface area (Å²) in [5, 5.41) is 3.55. The van der Waals surface area contributed by atoms with Gasteiger partial charge in [-0.25, -0.2) is 0 Å². The molecule has 0 aliphatic carbocycles. The number of allylic oxidation sites excluding steroid dienone is 3. The average Bonchev–Trinajstić information content (AvgIpc) is 2.60. The molecule has 0 aromatic heterocycles. The quantitative estimate of drug-likeness (QED) is 0.509. The van der Waals surface area contributed by atoms with Gasteiger partial charge in [0.2, 0.25) is 0 Å². The van der Waals surface area contributed by atoms with Crippen molar-refractivity contribution in [3.05, 3.63) is 89.2 Å². The second-order valence-corrected chi connectivity index (χ2v) is 6.14. The molecular formula is C22H27NO. The first-order valence-corrected chi connectivity index (χ1v) is 8.40. The average molecular weight is 321 g/mol. The Morgan fingerprint density at radius 1 is 1.00 bits per heavy atom. The predicted octanol–water partition coefficient (Wildman–Crippen LogP) is 5.86. The fourth-order valence-corrected chi connectivity index (χ4v) is 2.29. The van der Waals surface area contributed by atoms with Gasteiger partial charge in [-0.1, -0.05) is 60.2 Å². The van der Waals surface area contributed by atoms with Gasteiger partial charge >= 0.3 is 0 Å². The minimum absolute atomic E-state index is 0.268. The molecule has 126 valence electrons. The highest BCUT2D eigenvalue weighted by Crippen LogP contribution is 2.17. The third-order valence-electron chi connectivity index (χ3n) is 4.09. The first-order valence-electron chi connectivity index (χ1n) is 8.40. The molecule has 0 aliphatic rings. The highest BCUT2D eigenvalue weighted by molar-refractivity contribution is 5.52. The Morgan fingerprint density at radius 2 is 1.67 bits per heavy atom. The van der Waals surface area contributed by atoms with Crippen molar-refractivity contribution in [2.45, 2.75) is 40.3 Å². The number of hydrogen-bond donors (Lipinski definition) is 1. The zero-order valence-electron chi connectivity index (χ0n) is 15.0. The smallest absolute Gasteiger partial charge is 0.113 e. The van der Waals surface area contributed by atoms with E-state index < -0.39 is 0 Å². The van der Waals surface area contributed by atoms with Crippen molar-refractivity contribution in [2.24, 2.45) is 0 Å². The third kappa shape index (κ3) is 5.62. The van der Waals surface area contributed by atoms with Crippen LogP contribution in [0.25, 0.3) is 0 Å². The predicted molar refractivity (Wildman–Crippen MR) is 103 cm³/mol. The first kappa shape index (κ1) is 17.9. The number of nitrogens with one attached hydrogen (secondary N) is 1. The van der Waals surface area contributed by atoms with E-state index in [1.807, 2.05) is 31.2 Å². The lowest BCUT2D eigenvalue weighted by atomic mass is 10.1. The van der Waals surface area contributed by atoms with Crippen LogP contribution in [0, 0.1) is 6.92 Å². The second kappa shape index (κ2) is 8.97. The van der Waals surface area contributed by atoms with E-state index in [4.69, 9.17) is 4.74 Å². The summed E-state index contributed by atoms with van der Waals surface area (Å²) in [5.41, 5.74) is 4.88. The SMILES string of the molecule is C/C(=C\C=C(/C)C(C)Nc1ccccc1C)OCc1ccccc1. The molecule has 1 unspecified atom stereocenters. The molecule has 2 rings (SSSR count). The number of hydrogen-bond acceptors (Lipinski definition) is 2. The van der Waals surface area contributed by atoms with Gasteiger partial charge in [-0.05, 0) is 51.0 Å². The van der Waals surface area contributed by atoms with Crippen LogP contribution < -0.4 is 5.32 Å². The molecule has 0 amide bonds. The molecule has 2 heteroatoms. The van der Waals surface area contributed by atoms with E-state index in [9.17, 15) is 0 Å². The third-order valence-corrected chi connectivity index (χ3v) is 4.09. The molecule has 0 radical (unpaired) electrons. The van der Waals surface area contributed by atoms with E-state index >= 15 is 0 Å². The monoisotopic (exact) mass is 321 g/mol. The number of benzene rings is 2. The maximum absolute atomic E-state index is 5.79. The minimum Gasteiger partial charge on any atom is -0.494 e. The van der Waals surface area contributed by atoms with Crippen LogP contribution in [0.1, 0.15) is 31.9 Å². The summed E-state index contributed by atoms with van der Waals surface area (Å²) in [5.74, 6) is 0.918. The number of para-hydroxylation sites is 1. The molecule has 2 nitrogen and oxygen atoms in total. The first-order chi connectivity index (χ1) is 11.6. The van der Waals surface area contributed by atoms with Crippen molar-refractivity contribution in [1.29, 1.82) is 0 Å². The molecule has 0 fully saturated rings. The molecule has 0 bridgehead atoms. The second-order valence-electron chi connectivity index (χ2n) is 6.14. The van der Waals surface area contributed by atoms with Gasteiger partial charge in [-0.15, -0.1) is 0 Å². The summed E-state index contributed by atoms with van der Waals surface area (Å²) in [6, 6.07) is 18.8. The Bertz CT molecular complexity index is 701. The van der Waals surface area contributed by atoms with Crippen molar-refractivity contribution in [2.75, 3.05) is 5.32 Å². The van der Waals surface area contributed by atoms with Crippen molar-refractivity contribution in [1.82, 2.24) is 0 Å². The van der Waals surface area contributed by atoms with E-state index in [0.29, 0.717) is 6.61 Å². The van der Waals surface area contributed by atoms with Gasteiger partial charge in [-0.2, -0.15) is 0 Å². The van der Waals surface area contributed by atoms with Crippen molar-refractivity contribution in [3.63, 3.8) is 0 Å². The van der Waals surface area contributed by atoms with Gasteiger partial charge in [0, 0.05) is 11.7 Å². The Labute approximate surface area is 145 Å². The van der Waals surface area contributed by atoms with Crippen LogP contribution in [0.3, 0.4) is 0 Å². The molecule has 0 saturated carbocycles. The van der Waals surface area contributed by atoms with Gasteiger partial charge in [-0.3, -0.25) is 0 Å². The Morgan fingerprint density at radius 3 is 2.38 bits per heavy atom. The van der Waals surface area contributed by atoms with Crippen LogP contribution in [0.4, 0.5) is 5.69 Å². The Balaban J connectivity index is 1.90. The molecule has 1 N–H and O–H groups in total. The topological polar surface area (TPSA) is 21.3 Å². The van der Waals surface area contributed by atoms with Crippen molar-refractivity contribution in [3.8, 4) is 0 Å². The standard InChI is InChI=1S/C22H27NO/c1-17(20(4)23-22-13-9-8-10-18(22)2)14-15-19(3)24-16-21-11-6-5-7-12-21/h5-15,20,23H,16H2,1-4H3/b17-14+,19-15+. The number of aryl methyl sites for hydroxylation is 1. The maximum atomic E-state index is 5.79. The highest BCUT2D eigenvalue weighted by atomic mass is 16.5. The van der Waals surface area contributed by atoms with Crippen LogP contribution in [0.5, 0.6) is 0 Å². The number of rotatable bonds is 7. The van der Waals surface area contributed by atoms with Crippen LogP contribution in [0.15, 0.2) is 78.1 Å². The van der Waals surface area contributed by atoms with Gasteiger partial charge in [0.15, 0.2) is 0 Å². The maximum Gasteiger partial charge on any atom is 0.113 e. The molecule has 2 aromatic carbocycles. The summed E-state index contributed by atoms with van der Waals surface area (Å²) in [6.45, 7) is 9.03. The Kier molecular flexibility index (Phi) is 6.68. The van der Waals surface area contributed by atoms with Gasteiger partial charge < -0.3 is 10.1 Å². The molecule has 24 heavy (non-hydrogen) atoms. The van der Waals surface area contributed by atoms with Gasteiger partial charge in [0.1, 0.15) is 6.61 Å². The van der Waals surface area contributed by atoms with Crippen LogP contribution >= 0.6 is 0 Å². The van der Waals surface area contributed by atoms with Gasteiger partial charge in [0.25, 0.3) is 0 Å². The lowest BCUT2D eigenvalue weighted by molar-refractivity contribution is 0.201. The molecule has 0 aliphatic heterocycles. The van der Waals surface area contributed by atoms with Gasteiger partial charge in [0.05, 0.1) is 5.76 Å². The zero-order valence-corrected chi connectivity index (χ0v) is 15.0. The van der Waals surface area contributed by atoms with Crippen molar-refractivity contribution >= 4 is 5.69 Å². The van der Waals surface area contributed by atoms with Crippen molar-refractivity contribution < 1.29 is 4.74 Å². The fourth-order valence-electron chi connectivity index (χ4n) is 2.29. The zero-order chi connectivity index (χ0) is 17.4. The summed E-state index contributed by atoms with van der Waals surface area (Å²) >= 11 is 0.